The number of rotatable bonds is 6. The maximum atomic E-state index is 12.0. The number of likely N-dealkylation sites (N-methyl/N-ethyl adjacent to an activating group) is 1. The van der Waals surface area contributed by atoms with E-state index in [1.807, 2.05) is 18.9 Å². The van der Waals surface area contributed by atoms with Gasteiger partial charge in [0.15, 0.2) is 6.61 Å². The van der Waals surface area contributed by atoms with Crippen LogP contribution in [0, 0.1) is 0 Å². The monoisotopic (exact) mass is 277 g/mol. The van der Waals surface area contributed by atoms with Crippen LogP contribution in [0.1, 0.15) is 12.5 Å². The van der Waals surface area contributed by atoms with Crippen molar-refractivity contribution >= 4 is 0 Å². The standard InChI is InChI=1S/C13H18F3NO2/c1-10(8-18)17(2)7-11-4-3-5-12(6-11)19-9-13(14,15)16/h3-6,10,18H,7-9H2,1-2H3. The Hall–Kier alpha value is -1.27. The van der Waals surface area contributed by atoms with E-state index in [4.69, 9.17) is 5.11 Å². The van der Waals surface area contributed by atoms with Gasteiger partial charge in [-0.2, -0.15) is 13.2 Å². The lowest BCUT2D eigenvalue weighted by atomic mass is 10.2. The first kappa shape index (κ1) is 15.8. The Bertz CT molecular complexity index is 396. The topological polar surface area (TPSA) is 32.7 Å². The molecule has 1 rings (SSSR count). The summed E-state index contributed by atoms with van der Waals surface area (Å²) < 4.78 is 40.8. The number of alkyl halides is 3. The molecule has 1 aromatic rings. The molecule has 108 valence electrons. The first-order chi connectivity index (χ1) is 8.81. The summed E-state index contributed by atoms with van der Waals surface area (Å²) in [6, 6.07) is 6.51. The lowest BCUT2D eigenvalue weighted by molar-refractivity contribution is -0.153. The molecule has 0 aliphatic heterocycles. The lowest BCUT2D eigenvalue weighted by Crippen LogP contribution is -2.31. The second-order valence-electron chi connectivity index (χ2n) is 4.50. The highest BCUT2D eigenvalue weighted by atomic mass is 19.4. The fraction of sp³-hybridized carbons (Fsp3) is 0.538. The molecule has 0 aromatic heterocycles. The quantitative estimate of drug-likeness (QED) is 0.867. The van der Waals surface area contributed by atoms with Crippen LogP contribution in [0.25, 0.3) is 0 Å². The van der Waals surface area contributed by atoms with Gasteiger partial charge >= 0.3 is 6.18 Å². The Morgan fingerprint density at radius 3 is 2.63 bits per heavy atom. The van der Waals surface area contributed by atoms with E-state index < -0.39 is 12.8 Å². The summed E-state index contributed by atoms with van der Waals surface area (Å²) >= 11 is 0. The summed E-state index contributed by atoms with van der Waals surface area (Å²) in [6.45, 7) is 1.13. The minimum atomic E-state index is -4.34. The Morgan fingerprint density at radius 2 is 2.05 bits per heavy atom. The van der Waals surface area contributed by atoms with Gasteiger partial charge in [-0.25, -0.2) is 0 Å². The Kier molecular flexibility index (Phi) is 5.62. The summed E-state index contributed by atoms with van der Waals surface area (Å²) in [5, 5.41) is 9.02. The van der Waals surface area contributed by atoms with Crippen molar-refractivity contribution in [2.45, 2.75) is 25.7 Å². The van der Waals surface area contributed by atoms with Gasteiger partial charge in [0.1, 0.15) is 5.75 Å². The van der Waals surface area contributed by atoms with E-state index in [1.165, 1.54) is 6.07 Å². The largest absolute Gasteiger partial charge is 0.484 e. The normalized spacial score (nSPS) is 13.6. The molecule has 0 saturated carbocycles. The summed E-state index contributed by atoms with van der Waals surface area (Å²) in [6.07, 6.45) is -4.34. The molecule has 3 nitrogen and oxygen atoms in total. The van der Waals surface area contributed by atoms with Crippen molar-refractivity contribution in [1.82, 2.24) is 4.90 Å². The lowest BCUT2D eigenvalue weighted by Gasteiger charge is -2.23. The summed E-state index contributed by atoms with van der Waals surface area (Å²) in [5.74, 6) is 0.194. The van der Waals surface area contributed by atoms with E-state index in [-0.39, 0.29) is 18.4 Å². The van der Waals surface area contributed by atoms with Gasteiger partial charge < -0.3 is 9.84 Å². The zero-order valence-corrected chi connectivity index (χ0v) is 10.9. The van der Waals surface area contributed by atoms with Crippen LogP contribution in [0.15, 0.2) is 24.3 Å². The van der Waals surface area contributed by atoms with Crippen LogP contribution in [0.2, 0.25) is 0 Å². The highest BCUT2D eigenvalue weighted by Crippen LogP contribution is 2.20. The second kappa shape index (κ2) is 6.77. The second-order valence-corrected chi connectivity index (χ2v) is 4.50. The minimum Gasteiger partial charge on any atom is -0.484 e. The van der Waals surface area contributed by atoms with E-state index >= 15 is 0 Å². The molecular weight excluding hydrogens is 259 g/mol. The molecule has 0 bridgehead atoms. The SMILES string of the molecule is CC(CO)N(C)Cc1cccc(OCC(F)(F)F)c1. The van der Waals surface area contributed by atoms with Crippen LogP contribution in [-0.2, 0) is 6.54 Å². The van der Waals surface area contributed by atoms with Crippen molar-refractivity contribution in [2.24, 2.45) is 0 Å². The van der Waals surface area contributed by atoms with Crippen LogP contribution < -0.4 is 4.74 Å². The molecule has 0 aliphatic carbocycles. The minimum absolute atomic E-state index is 0.0141. The highest BCUT2D eigenvalue weighted by Gasteiger charge is 2.28. The molecule has 1 aromatic carbocycles. The summed E-state index contributed by atoms with van der Waals surface area (Å²) in [7, 11) is 1.84. The molecule has 0 fully saturated rings. The van der Waals surface area contributed by atoms with Crippen LogP contribution in [0.3, 0.4) is 0 Å². The Morgan fingerprint density at radius 1 is 1.37 bits per heavy atom. The third-order valence-electron chi connectivity index (χ3n) is 2.75. The molecule has 1 N–H and O–H groups in total. The van der Waals surface area contributed by atoms with Crippen LogP contribution in [0.5, 0.6) is 5.75 Å². The van der Waals surface area contributed by atoms with Gasteiger partial charge in [-0.15, -0.1) is 0 Å². The average molecular weight is 277 g/mol. The van der Waals surface area contributed by atoms with Crippen LogP contribution in [0.4, 0.5) is 13.2 Å². The zero-order valence-electron chi connectivity index (χ0n) is 10.9. The number of ether oxygens (including phenoxy) is 1. The molecule has 6 heteroatoms. The number of halogens is 3. The van der Waals surface area contributed by atoms with Gasteiger partial charge in [-0.05, 0) is 31.7 Å². The highest BCUT2D eigenvalue weighted by molar-refractivity contribution is 5.28. The molecule has 0 aliphatic rings. The molecule has 0 heterocycles. The van der Waals surface area contributed by atoms with E-state index in [9.17, 15) is 13.2 Å². The molecular formula is C13H18F3NO2. The number of hydrogen-bond donors (Lipinski definition) is 1. The molecule has 0 radical (unpaired) electrons. The number of aliphatic hydroxyl groups is 1. The summed E-state index contributed by atoms with van der Waals surface area (Å²) in [5.41, 5.74) is 0.836. The molecule has 0 amide bonds. The zero-order chi connectivity index (χ0) is 14.5. The third kappa shape index (κ3) is 5.94. The number of hydrogen-bond acceptors (Lipinski definition) is 3. The fourth-order valence-electron chi connectivity index (χ4n) is 1.48. The maximum absolute atomic E-state index is 12.0. The predicted molar refractivity (Wildman–Crippen MR) is 66.0 cm³/mol. The third-order valence-corrected chi connectivity index (χ3v) is 2.75. The number of nitrogens with zero attached hydrogens (tertiary/aromatic N) is 1. The van der Waals surface area contributed by atoms with Gasteiger partial charge in [-0.3, -0.25) is 4.90 Å². The van der Waals surface area contributed by atoms with E-state index in [0.29, 0.717) is 6.54 Å². The molecule has 1 unspecified atom stereocenters. The van der Waals surface area contributed by atoms with Gasteiger partial charge in [0.2, 0.25) is 0 Å². The summed E-state index contributed by atoms with van der Waals surface area (Å²) in [4.78, 5) is 1.91. The van der Waals surface area contributed by atoms with Gasteiger partial charge in [-0.1, -0.05) is 12.1 Å². The number of aliphatic hydroxyl groups excluding tert-OH is 1. The Balaban J connectivity index is 2.62. The van der Waals surface area contributed by atoms with Crippen molar-refractivity contribution in [3.63, 3.8) is 0 Å². The van der Waals surface area contributed by atoms with E-state index in [2.05, 4.69) is 4.74 Å². The van der Waals surface area contributed by atoms with Gasteiger partial charge in [0.05, 0.1) is 6.61 Å². The molecule has 1 atom stereocenters. The fourth-order valence-corrected chi connectivity index (χ4v) is 1.48. The molecule has 0 saturated heterocycles. The number of benzene rings is 1. The van der Waals surface area contributed by atoms with Gasteiger partial charge in [0.25, 0.3) is 0 Å². The van der Waals surface area contributed by atoms with Crippen molar-refractivity contribution in [3.8, 4) is 5.75 Å². The smallest absolute Gasteiger partial charge is 0.422 e. The first-order valence-corrected chi connectivity index (χ1v) is 5.91. The van der Waals surface area contributed by atoms with Crippen molar-refractivity contribution in [2.75, 3.05) is 20.3 Å². The van der Waals surface area contributed by atoms with Crippen molar-refractivity contribution in [3.05, 3.63) is 29.8 Å². The van der Waals surface area contributed by atoms with Crippen molar-refractivity contribution < 1.29 is 23.0 Å². The maximum Gasteiger partial charge on any atom is 0.422 e. The first-order valence-electron chi connectivity index (χ1n) is 5.91. The van der Waals surface area contributed by atoms with Crippen LogP contribution >= 0.6 is 0 Å². The van der Waals surface area contributed by atoms with Gasteiger partial charge in [0, 0.05) is 12.6 Å². The van der Waals surface area contributed by atoms with Crippen LogP contribution in [-0.4, -0.2) is 42.5 Å². The molecule has 0 spiro atoms. The average Bonchev–Trinajstić information content (AvgIpc) is 2.35. The predicted octanol–water partition coefficient (Wildman–Crippen LogP) is 2.44. The Labute approximate surface area is 110 Å². The van der Waals surface area contributed by atoms with E-state index in [1.54, 1.807) is 18.2 Å². The van der Waals surface area contributed by atoms with Crippen molar-refractivity contribution in [1.29, 1.82) is 0 Å². The van der Waals surface area contributed by atoms with E-state index in [0.717, 1.165) is 5.56 Å². The molecule has 19 heavy (non-hydrogen) atoms.